The van der Waals surface area contributed by atoms with Gasteiger partial charge >= 0.3 is 0 Å². The predicted molar refractivity (Wildman–Crippen MR) is 62.6 cm³/mol. The average Bonchev–Trinajstić information content (AvgIpc) is 2.69. The maximum absolute atomic E-state index is 12.1. The summed E-state index contributed by atoms with van der Waals surface area (Å²) >= 11 is 0. The molecule has 1 aromatic rings. The van der Waals surface area contributed by atoms with Crippen molar-refractivity contribution in [1.29, 1.82) is 0 Å². The van der Waals surface area contributed by atoms with Gasteiger partial charge in [0.05, 0.1) is 11.7 Å². The van der Waals surface area contributed by atoms with Crippen LogP contribution >= 0.6 is 0 Å². The second-order valence-corrected chi connectivity index (χ2v) is 4.44. The molecule has 1 aromatic heterocycles. The van der Waals surface area contributed by atoms with Crippen LogP contribution in [-0.2, 0) is 11.3 Å². The molecule has 0 aliphatic rings. The first-order valence-electron chi connectivity index (χ1n) is 5.49. The van der Waals surface area contributed by atoms with Crippen molar-refractivity contribution in [1.82, 2.24) is 15.1 Å². The molecular weight excluding hydrogens is 204 g/mol. The Hall–Kier alpha value is -1.36. The van der Waals surface area contributed by atoms with Crippen LogP contribution < -0.4 is 5.73 Å². The molecule has 0 saturated heterocycles. The van der Waals surface area contributed by atoms with Gasteiger partial charge in [-0.05, 0) is 13.3 Å². The van der Waals surface area contributed by atoms with Crippen LogP contribution in [0.1, 0.15) is 32.3 Å². The lowest BCUT2D eigenvalue weighted by Gasteiger charge is -2.28. The lowest BCUT2D eigenvalue weighted by Crippen LogP contribution is -2.51. The monoisotopic (exact) mass is 224 g/mol. The number of carbonyl (C=O) groups excluding carboxylic acids is 1. The molecule has 5 heteroatoms. The minimum absolute atomic E-state index is 0.0319. The Morgan fingerprint density at radius 2 is 2.38 bits per heavy atom. The molecule has 1 unspecified atom stereocenters. The van der Waals surface area contributed by atoms with Gasteiger partial charge in [-0.25, -0.2) is 0 Å². The van der Waals surface area contributed by atoms with Crippen LogP contribution in [0, 0.1) is 0 Å². The van der Waals surface area contributed by atoms with Crippen LogP contribution in [-0.4, -0.2) is 33.6 Å². The summed E-state index contributed by atoms with van der Waals surface area (Å²) in [5.41, 5.74) is 6.19. The quantitative estimate of drug-likeness (QED) is 0.779. The molecule has 0 aliphatic heterocycles. The third-order valence-corrected chi connectivity index (χ3v) is 2.58. The number of likely N-dealkylation sites (N-methyl/N-ethyl adjacent to an activating group) is 1. The van der Waals surface area contributed by atoms with E-state index >= 15 is 0 Å². The number of rotatable bonds is 5. The number of aromatic amines is 1. The van der Waals surface area contributed by atoms with Crippen molar-refractivity contribution in [3.8, 4) is 0 Å². The van der Waals surface area contributed by atoms with Gasteiger partial charge in [0, 0.05) is 25.4 Å². The van der Waals surface area contributed by atoms with Gasteiger partial charge in [0.25, 0.3) is 0 Å². The largest absolute Gasteiger partial charge is 0.340 e. The van der Waals surface area contributed by atoms with Crippen LogP contribution in [0.15, 0.2) is 12.4 Å². The minimum atomic E-state index is -0.771. The van der Waals surface area contributed by atoms with E-state index in [1.807, 2.05) is 6.92 Å². The van der Waals surface area contributed by atoms with Crippen LogP contribution in [0.25, 0.3) is 0 Å². The normalized spacial score (nSPS) is 14.5. The Morgan fingerprint density at radius 3 is 2.88 bits per heavy atom. The van der Waals surface area contributed by atoms with Crippen molar-refractivity contribution < 1.29 is 4.79 Å². The molecule has 0 aromatic carbocycles. The van der Waals surface area contributed by atoms with Crippen LogP contribution in [0.2, 0.25) is 0 Å². The summed E-state index contributed by atoms with van der Waals surface area (Å²) in [4.78, 5) is 13.7. The van der Waals surface area contributed by atoms with E-state index in [0.717, 1.165) is 12.0 Å². The van der Waals surface area contributed by atoms with Gasteiger partial charge in [-0.2, -0.15) is 5.10 Å². The molecule has 0 aliphatic carbocycles. The van der Waals surface area contributed by atoms with E-state index in [4.69, 9.17) is 5.73 Å². The zero-order chi connectivity index (χ0) is 12.2. The van der Waals surface area contributed by atoms with Crippen molar-refractivity contribution in [2.45, 2.75) is 38.8 Å². The SMILES string of the molecule is CCCC(C)(N)C(=O)N(C)Cc1cn[nH]c1. The van der Waals surface area contributed by atoms with E-state index in [2.05, 4.69) is 10.2 Å². The number of H-pyrrole nitrogens is 1. The zero-order valence-electron chi connectivity index (χ0n) is 10.2. The summed E-state index contributed by atoms with van der Waals surface area (Å²) in [5.74, 6) is -0.0319. The smallest absolute Gasteiger partial charge is 0.242 e. The van der Waals surface area contributed by atoms with Gasteiger partial charge in [-0.15, -0.1) is 0 Å². The highest BCUT2D eigenvalue weighted by molar-refractivity contribution is 5.85. The van der Waals surface area contributed by atoms with E-state index < -0.39 is 5.54 Å². The summed E-state index contributed by atoms with van der Waals surface area (Å²) in [6.07, 6.45) is 5.08. The Bertz CT molecular complexity index is 332. The first-order chi connectivity index (χ1) is 7.47. The number of amides is 1. The molecular formula is C11H20N4O. The molecule has 5 nitrogen and oxygen atoms in total. The summed E-state index contributed by atoms with van der Waals surface area (Å²) in [7, 11) is 1.76. The molecule has 1 rings (SSSR count). The number of hydrogen-bond acceptors (Lipinski definition) is 3. The average molecular weight is 224 g/mol. The first-order valence-corrected chi connectivity index (χ1v) is 5.49. The number of nitrogens with one attached hydrogen (secondary N) is 1. The summed E-state index contributed by atoms with van der Waals surface area (Å²) in [6.45, 7) is 4.34. The highest BCUT2D eigenvalue weighted by Gasteiger charge is 2.30. The lowest BCUT2D eigenvalue weighted by atomic mass is 9.96. The van der Waals surface area contributed by atoms with Crippen molar-refractivity contribution in [2.24, 2.45) is 5.73 Å². The fourth-order valence-electron chi connectivity index (χ4n) is 1.77. The molecule has 0 fully saturated rings. The molecule has 1 heterocycles. The van der Waals surface area contributed by atoms with Gasteiger partial charge < -0.3 is 10.6 Å². The van der Waals surface area contributed by atoms with Crippen LogP contribution in [0.4, 0.5) is 0 Å². The molecule has 0 radical (unpaired) electrons. The molecule has 3 N–H and O–H groups in total. The maximum Gasteiger partial charge on any atom is 0.242 e. The van der Waals surface area contributed by atoms with Crippen molar-refractivity contribution in [3.63, 3.8) is 0 Å². The second kappa shape index (κ2) is 5.12. The number of carbonyl (C=O) groups is 1. The van der Waals surface area contributed by atoms with Crippen molar-refractivity contribution in [3.05, 3.63) is 18.0 Å². The van der Waals surface area contributed by atoms with Gasteiger partial charge in [-0.3, -0.25) is 9.89 Å². The molecule has 1 atom stereocenters. The lowest BCUT2D eigenvalue weighted by molar-refractivity contribution is -0.135. The summed E-state index contributed by atoms with van der Waals surface area (Å²) in [6, 6.07) is 0. The second-order valence-electron chi connectivity index (χ2n) is 4.44. The predicted octanol–water partition coefficient (Wildman–Crippen LogP) is 0.886. The minimum Gasteiger partial charge on any atom is -0.340 e. The van der Waals surface area contributed by atoms with Crippen molar-refractivity contribution in [2.75, 3.05) is 7.05 Å². The number of aromatic nitrogens is 2. The number of hydrogen-bond donors (Lipinski definition) is 2. The topological polar surface area (TPSA) is 75.0 Å². The zero-order valence-corrected chi connectivity index (χ0v) is 10.2. The Morgan fingerprint density at radius 1 is 1.69 bits per heavy atom. The molecule has 0 bridgehead atoms. The first kappa shape index (κ1) is 12.7. The maximum atomic E-state index is 12.1. The van der Waals surface area contributed by atoms with Gasteiger partial charge in [0.15, 0.2) is 0 Å². The highest BCUT2D eigenvalue weighted by Crippen LogP contribution is 2.13. The molecule has 1 amide bonds. The van der Waals surface area contributed by atoms with E-state index in [0.29, 0.717) is 13.0 Å². The van der Waals surface area contributed by atoms with Crippen molar-refractivity contribution >= 4 is 5.91 Å². The third kappa shape index (κ3) is 3.06. The van der Waals surface area contributed by atoms with E-state index in [-0.39, 0.29) is 5.91 Å². The van der Waals surface area contributed by atoms with Gasteiger partial charge in [0.1, 0.15) is 0 Å². The van der Waals surface area contributed by atoms with Gasteiger partial charge in [0.2, 0.25) is 5.91 Å². The van der Waals surface area contributed by atoms with E-state index in [1.54, 1.807) is 31.3 Å². The summed E-state index contributed by atoms with van der Waals surface area (Å²) in [5, 5.41) is 6.56. The highest BCUT2D eigenvalue weighted by atomic mass is 16.2. The summed E-state index contributed by atoms with van der Waals surface area (Å²) < 4.78 is 0. The molecule has 0 spiro atoms. The van der Waals surface area contributed by atoms with Crippen LogP contribution in [0.5, 0.6) is 0 Å². The fraction of sp³-hybridized carbons (Fsp3) is 0.636. The van der Waals surface area contributed by atoms with E-state index in [1.165, 1.54) is 0 Å². The number of nitrogens with zero attached hydrogens (tertiary/aromatic N) is 2. The Labute approximate surface area is 96.0 Å². The Kier molecular flexibility index (Phi) is 4.06. The van der Waals surface area contributed by atoms with E-state index in [9.17, 15) is 4.79 Å². The Balaban J connectivity index is 2.60. The van der Waals surface area contributed by atoms with Crippen LogP contribution in [0.3, 0.4) is 0 Å². The molecule has 16 heavy (non-hydrogen) atoms. The molecule has 0 saturated carbocycles. The van der Waals surface area contributed by atoms with Gasteiger partial charge in [-0.1, -0.05) is 13.3 Å². The standard InChI is InChI=1S/C11H20N4O/c1-4-5-11(2,12)10(16)15(3)8-9-6-13-14-7-9/h6-7H,4-5,8,12H2,1-3H3,(H,13,14). The fourth-order valence-corrected chi connectivity index (χ4v) is 1.77. The molecule has 90 valence electrons. The number of nitrogens with two attached hydrogens (primary N) is 1. The third-order valence-electron chi connectivity index (χ3n) is 2.58.